The van der Waals surface area contributed by atoms with Gasteiger partial charge in [-0.1, -0.05) is 30.3 Å². The molecule has 0 aliphatic rings. The predicted molar refractivity (Wildman–Crippen MR) is 90.9 cm³/mol. The van der Waals surface area contributed by atoms with Crippen molar-refractivity contribution in [2.45, 2.75) is 20.0 Å². The van der Waals surface area contributed by atoms with E-state index in [1.54, 1.807) is 30.5 Å². The van der Waals surface area contributed by atoms with Gasteiger partial charge in [-0.25, -0.2) is 0 Å². The number of carbonyl (C=O) groups is 1. The molecule has 5 heteroatoms. The zero-order chi connectivity index (χ0) is 16.9. The quantitative estimate of drug-likeness (QED) is 0.785. The lowest BCUT2D eigenvalue weighted by Gasteiger charge is -2.06. The number of aryl methyl sites for hydroxylation is 1. The van der Waals surface area contributed by atoms with Crippen molar-refractivity contribution in [3.63, 3.8) is 0 Å². The Morgan fingerprint density at radius 3 is 2.67 bits per heavy atom. The molecule has 2 heterocycles. The number of hydrogen-bond acceptors (Lipinski definition) is 3. The number of benzene rings is 1. The molecule has 2 aromatic heterocycles. The molecule has 0 radical (unpaired) electrons. The van der Waals surface area contributed by atoms with Crippen LogP contribution in [0.5, 0.6) is 0 Å². The topological polar surface area (TPSA) is 64.2 Å². The molecule has 0 unspecified atom stereocenters. The first-order valence-corrected chi connectivity index (χ1v) is 7.70. The first-order chi connectivity index (χ1) is 11.6. The van der Waals surface area contributed by atoms with Crippen LogP contribution >= 0.6 is 0 Å². The van der Waals surface area contributed by atoms with Crippen LogP contribution in [0.1, 0.15) is 27.4 Å². The van der Waals surface area contributed by atoms with Gasteiger partial charge in [-0.3, -0.25) is 9.59 Å². The number of hydrogen-bond donors (Lipinski definition) is 1. The van der Waals surface area contributed by atoms with Crippen molar-refractivity contribution in [2.75, 3.05) is 0 Å². The Labute approximate surface area is 139 Å². The van der Waals surface area contributed by atoms with Gasteiger partial charge in [0, 0.05) is 18.8 Å². The summed E-state index contributed by atoms with van der Waals surface area (Å²) >= 11 is 0. The van der Waals surface area contributed by atoms with Crippen LogP contribution in [0, 0.1) is 6.92 Å². The summed E-state index contributed by atoms with van der Waals surface area (Å²) in [5.74, 6) is 0.525. The number of nitrogens with one attached hydrogen (secondary N) is 1. The summed E-state index contributed by atoms with van der Waals surface area (Å²) in [5, 5.41) is 2.84. The van der Waals surface area contributed by atoms with Gasteiger partial charge >= 0.3 is 0 Å². The fraction of sp³-hybridized carbons (Fsp3) is 0.158. The molecule has 1 aromatic carbocycles. The number of aromatic nitrogens is 1. The molecule has 0 spiro atoms. The van der Waals surface area contributed by atoms with Gasteiger partial charge < -0.3 is 14.3 Å². The van der Waals surface area contributed by atoms with Gasteiger partial charge in [-0.05, 0) is 36.2 Å². The predicted octanol–water partition coefficient (Wildman–Crippen LogP) is 2.73. The summed E-state index contributed by atoms with van der Waals surface area (Å²) in [7, 11) is 0. The van der Waals surface area contributed by atoms with Crippen LogP contribution < -0.4 is 10.9 Å². The molecule has 0 saturated carbocycles. The van der Waals surface area contributed by atoms with Gasteiger partial charge in [0.25, 0.3) is 11.5 Å². The van der Waals surface area contributed by atoms with Gasteiger partial charge in [0.1, 0.15) is 5.76 Å². The SMILES string of the molecule is Cc1ccccc1CNC(=O)c1ccc(Cn2ccccc2=O)o1. The van der Waals surface area contributed by atoms with E-state index < -0.39 is 0 Å². The Bertz CT molecular complexity index is 908. The highest BCUT2D eigenvalue weighted by atomic mass is 16.4. The van der Waals surface area contributed by atoms with Gasteiger partial charge in [0.15, 0.2) is 5.76 Å². The summed E-state index contributed by atoms with van der Waals surface area (Å²) in [6, 6.07) is 16.2. The van der Waals surface area contributed by atoms with E-state index in [-0.39, 0.29) is 17.2 Å². The van der Waals surface area contributed by atoms with E-state index in [1.807, 2.05) is 31.2 Å². The maximum atomic E-state index is 12.2. The third kappa shape index (κ3) is 3.63. The molecule has 122 valence electrons. The normalized spacial score (nSPS) is 10.5. The van der Waals surface area contributed by atoms with Gasteiger partial charge in [0.2, 0.25) is 0 Å². The van der Waals surface area contributed by atoms with Crippen LogP contribution in [0.2, 0.25) is 0 Å². The fourth-order valence-corrected chi connectivity index (χ4v) is 2.42. The zero-order valence-corrected chi connectivity index (χ0v) is 13.4. The number of nitrogens with zero attached hydrogens (tertiary/aromatic N) is 1. The van der Waals surface area contributed by atoms with Crippen molar-refractivity contribution in [3.05, 3.63) is 93.8 Å². The van der Waals surface area contributed by atoms with Crippen LogP contribution in [-0.2, 0) is 13.1 Å². The Morgan fingerprint density at radius 2 is 1.88 bits per heavy atom. The molecule has 24 heavy (non-hydrogen) atoms. The third-order valence-corrected chi connectivity index (χ3v) is 3.81. The minimum absolute atomic E-state index is 0.112. The van der Waals surface area contributed by atoms with Crippen molar-refractivity contribution < 1.29 is 9.21 Å². The average Bonchev–Trinajstić information content (AvgIpc) is 3.05. The van der Waals surface area contributed by atoms with Crippen molar-refractivity contribution in [1.82, 2.24) is 9.88 Å². The molecule has 1 amide bonds. The lowest BCUT2D eigenvalue weighted by Crippen LogP contribution is -2.22. The fourth-order valence-electron chi connectivity index (χ4n) is 2.42. The molecule has 3 rings (SSSR count). The van der Waals surface area contributed by atoms with Crippen molar-refractivity contribution in [2.24, 2.45) is 0 Å². The van der Waals surface area contributed by atoms with Crippen LogP contribution in [0.25, 0.3) is 0 Å². The standard InChI is InChI=1S/C19H18N2O3/c1-14-6-2-3-7-15(14)12-20-19(23)17-10-9-16(24-17)13-21-11-5-4-8-18(21)22/h2-11H,12-13H2,1H3,(H,20,23). The minimum atomic E-state index is -0.273. The Morgan fingerprint density at radius 1 is 1.08 bits per heavy atom. The maximum Gasteiger partial charge on any atom is 0.287 e. The molecular formula is C19H18N2O3. The van der Waals surface area contributed by atoms with E-state index in [0.29, 0.717) is 18.8 Å². The first-order valence-electron chi connectivity index (χ1n) is 7.70. The van der Waals surface area contributed by atoms with Crippen LogP contribution in [-0.4, -0.2) is 10.5 Å². The smallest absolute Gasteiger partial charge is 0.287 e. The molecule has 3 aromatic rings. The molecule has 0 bridgehead atoms. The summed E-state index contributed by atoms with van der Waals surface area (Å²) in [4.78, 5) is 23.9. The number of rotatable bonds is 5. The van der Waals surface area contributed by atoms with E-state index in [9.17, 15) is 9.59 Å². The van der Waals surface area contributed by atoms with Crippen molar-refractivity contribution >= 4 is 5.91 Å². The largest absolute Gasteiger partial charge is 0.454 e. The lowest BCUT2D eigenvalue weighted by atomic mass is 10.1. The second-order valence-corrected chi connectivity index (χ2v) is 5.54. The highest BCUT2D eigenvalue weighted by Gasteiger charge is 2.11. The highest BCUT2D eigenvalue weighted by Crippen LogP contribution is 2.10. The molecule has 0 saturated heterocycles. The van der Waals surface area contributed by atoms with Crippen LogP contribution in [0.4, 0.5) is 0 Å². The second kappa shape index (κ2) is 7.00. The molecule has 1 N–H and O–H groups in total. The molecule has 0 atom stereocenters. The summed E-state index contributed by atoms with van der Waals surface area (Å²) < 4.78 is 7.07. The molecule has 0 aliphatic carbocycles. The summed E-state index contributed by atoms with van der Waals surface area (Å²) in [5.41, 5.74) is 2.08. The second-order valence-electron chi connectivity index (χ2n) is 5.54. The highest BCUT2D eigenvalue weighted by molar-refractivity contribution is 5.91. The van der Waals surface area contributed by atoms with Gasteiger partial charge in [0.05, 0.1) is 6.54 Å². The lowest BCUT2D eigenvalue weighted by molar-refractivity contribution is 0.0921. The Hall–Kier alpha value is -3.08. The Balaban J connectivity index is 1.65. The van der Waals surface area contributed by atoms with E-state index in [4.69, 9.17) is 4.42 Å². The van der Waals surface area contributed by atoms with E-state index in [2.05, 4.69) is 5.32 Å². The van der Waals surface area contributed by atoms with E-state index in [1.165, 1.54) is 10.6 Å². The summed E-state index contributed by atoms with van der Waals surface area (Å²) in [6.45, 7) is 2.74. The Kier molecular flexibility index (Phi) is 4.61. The number of carbonyl (C=O) groups excluding carboxylic acids is 1. The van der Waals surface area contributed by atoms with Crippen LogP contribution in [0.15, 0.2) is 70.0 Å². The number of furan rings is 1. The van der Waals surface area contributed by atoms with E-state index in [0.717, 1.165) is 11.1 Å². The number of amides is 1. The van der Waals surface area contributed by atoms with Gasteiger partial charge in [-0.15, -0.1) is 0 Å². The third-order valence-electron chi connectivity index (χ3n) is 3.81. The molecule has 5 nitrogen and oxygen atoms in total. The van der Waals surface area contributed by atoms with E-state index >= 15 is 0 Å². The van der Waals surface area contributed by atoms with Gasteiger partial charge in [-0.2, -0.15) is 0 Å². The number of pyridine rings is 1. The molecule has 0 fully saturated rings. The minimum Gasteiger partial charge on any atom is -0.454 e. The summed E-state index contributed by atoms with van der Waals surface area (Å²) in [6.07, 6.45) is 1.68. The first kappa shape index (κ1) is 15.8. The molecule has 0 aliphatic heterocycles. The van der Waals surface area contributed by atoms with Crippen molar-refractivity contribution in [3.8, 4) is 0 Å². The maximum absolute atomic E-state index is 12.2. The molecular weight excluding hydrogens is 304 g/mol. The van der Waals surface area contributed by atoms with Crippen molar-refractivity contribution in [1.29, 1.82) is 0 Å². The average molecular weight is 322 g/mol. The zero-order valence-electron chi connectivity index (χ0n) is 13.4. The van der Waals surface area contributed by atoms with Crippen LogP contribution in [0.3, 0.4) is 0 Å². The monoisotopic (exact) mass is 322 g/mol.